The predicted molar refractivity (Wildman–Crippen MR) is 90.8 cm³/mol. The molecule has 0 radical (unpaired) electrons. The van der Waals surface area contributed by atoms with Gasteiger partial charge in [-0.1, -0.05) is 26.0 Å². The molecule has 0 atom stereocenters. The summed E-state index contributed by atoms with van der Waals surface area (Å²) in [6, 6.07) is 7.69. The Labute approximate surface area is 128 Å². The Balaban J connectivity index is 2.83. The number of carbonyl (C=O) groups excluding carboxylic acids is 1. The maximum Gasteiger partial charge on any atom is 0.163 e. The summed E-state index contributed by atoms with van der Waals surface area (Å²) in [4.78, 5) is 14.4. The van der Waals surface area contributed by atoms with Crippen molar-refractivity contribution in [2.24, 2.45) is 11.1 Å². The van der Waals surface area contributed by atoms with Gasteiger partial charge >= 0.3 is 0 Å². The predicted octanol–water partition coefficient (Wildman–Crippen LogP) is 3.42. The van der Waals surface area contributed by atoms with E-state index in [2.05, 4.69) is 18.1 Å². The van der Waals surface area contributed by atoms with Crippen molar-refractivity contribution in [2.45, 2.75) is 20.3 Å². The quantitative estimate of drug-likeness (QED) is 0.559. The van der Waals surface area contributed by atoms with Crippen molar-refractivity contribution in [3.05, 3.63) is 55.1 Å². The van der Waals surface area contributed by atoms with Crippen LogP contribution in [0.3, 0.4) is 0 Å². The fourth-order valence-electron chi connectivity index (χ4n) is 2.06. The molecule has 114 valence electrons. The Kier molecular flexibility index (Phi) is 6.38. The van der Waals surface area contributed by atoms with Gasteiger partial charge in [0, 0.05) is 30.8 Å². The van der Waals surface area contributed by atoms with Gasteiger partial charge in [-0.3, -0.25) is 4.79 Å². The first-order valence-electron chi connectivity index (χ1n) is 7.23. The molecule has 1 aromatic carbocycles. The number of carbonyl (C=O) groups is 1. The molecule has 21 heavy (non-hydrogen) atoms. The monoisotopic (exact) mass is 286 g/mol. The number of hydrogen-bond acceptors (Lipinski definition) is 3. The van der Waals surface area contributed by atoms with Crippen LogP contribution in [-0.4, -0.2) is 25.4 Å². The van der Waals surface area contributed by atoms with Crippen molar-refractivity contribution in [1.29, 1.82) is 0 Å². The lowest BCUT2D eigenvalue weighted by atomic mass is 9.86. The maximum atomic E-state index is 12.3. The molecule has 0 aliphatic carbocycles. The molecular formula is C18H26N2O. The third kappa shape index (κ3) is 5.20. The van der Waals surface area contributed by atoms with Crippen LogP contribution >= 0.6 is 0 Å². The average Bonchev–Trinajstić information content (AvgIpc) is 2.47. The van der Waals surface area contributed by atoms with E-state index in [0.29, 0.717) is 13.0 Å². The number of hydrogen-bond donors (Lipinski definition) is 1. The van der Waals surface area contributed by atoms with E-state index in [9.17, 15) is 4.79 Å². The van der Waals surface area contributed by atoms with E-state index < -0.39 is 0 Å². The van der Waals surface area contributed by atoms with E-state index >= 15 is 0 Å². The third-order valence-electron chi connectivity index (χ3n) is 3.45. The van der Waals surface area contributed by atoms with Crippen LogP contribution in [0.5, 0.6) is 0 Å². The highest BCUT2D eigenvalue weighted by Gasteiger charge is 2.21. The minimum atomic E-state index is -0.159. The third-order valence-corrected chi connectivity index (χ3v) is 3.45. The van der Waals surface area contributed by atoms with Crippen LogP contribution in [0.1, 0.15) is 30.6 Å². The largest absolute Gasteiger partial charge is 0.364 e. The molecule has 3 nitrogen and oxygen atoms in total. The lowest BCUT2D eigenvalue weighted by molar-refractivity contribution is 0.0935. The highest BCUT2D eigenvalue weighted by atomic mass is 16.1. The summed E-state index contributed by atoms with van der Waals surface area (Å²) >= 11 is 0. The molecule has 1 rings (SSSR count). The standard InChI is InChI=1S/C18H26N2O/c1-5-11-20(12-6-2)16-9-7-15(8-10-16)17(21)13-18(3,4)14-19/h5-10H,1-2,11-14,19H2,3-4H3. The average molecular weight is 286 g/mol. The normalized spacial score (nSPS) is 11.0. The van der Waals surface area contributed by atoms with Gasteiger partial charge in [-0.15, -0.1) is 13.2 Å². The molecular weight excluding hydrogens is 260 g/mol. The number of benzene rings is 1. The molecule has 0 fully saturated rings. The first kappa shape index (κ1) is 17.2. The van der Waals surface area contributed by atoms with Crippen molar-refractivity contribution < 1.29 is 4.79 Å². The van der Waals surface area contributed by atoms with Crippen LogP contribution in [0, 0.1) is 5.41 Å². The van der Waals surface area contributed by atoms with Crippen molar-refractivity contribution in [3.63, 3.8) is 0 Å². The summed E-state index contributed by atoms with van der Waals surface area (Å²) in [5.74, 6) is 0.135. The molecule has 0 amide bonds. The van der Waals surface area contributed by atoms with Crippen LogP contribution < -0.4 is 10.6 Å². The van der Waals surface area contributed by atoms with E-state index in [1.807, 2.05) is 50.3 Å². The van der Waals surface area contributed by atoms with Crippen molar-refractivity contribution in [3.8, 4) is 0 Å². The molecule has 0 unspecified atom stereocenters. The van der Waals surface area contributed by atoms with Crippen molar-refractivity contribution >= 4 is 11.5 Å². The number of nitrogens with two attached hydrogens (primary N) is 1. The second-order valence-corrected chi connectivity index (χ2v) is 6.00. The van der Waals surface area contributed by atoms with E-state index in [1.54, 1.807) is 0 Å². The van der Waals surface area contributed by atoms with Gasteiger partial charge in [0.15, 0.2) is 5.78 Å². The van der Waals surface area contributed by atoms with Crippen LogP contribution in [0.15, 0.2) is 49.6 Å². The molecule has 0 aromatic heterocycles. The molecule has 0 aliphatic heterocycles. The smallest absolute Gasteiger partial charge is 0.163 e. The Morgan fingerprint density at radius 1 is 1.19 bits per heavy atom. The number of anilines is 1. The van der Waals surface area contributed by atoms with Gasteiger partial charge in [-0.05, 0) is 36.2 Å². The number of rotatable bonds is 9. The zero-order valence-electron chi connectivity index (χ0n) is 13.1. The molecule has 3 heteroatoms. The molecule has 0 bridgehead atoms. The van der Waals surface area contributed by atoms with Gasteiger partial charge < -0.3 is 10.6 Å². The van der Waals surface area contributed by atoms with E-state index in [1.165, 1.54) is 0 Å². The van der Waals surface area contributed by atoms with Crippen molar-refractivity contribution in [2.75, 3.05) is 24.5 Å². The maximum absolute atomic E-state index is 12.3. The van der Waals surface area contributed by atoms with Crippen LogP contribution in [0.2, 0.25) is 0 Å². The first-order chi connectivity index (χ1) is 9.93. The molecule has 0 saturated heterocycles. The summed E-state index contributed by atoms with van der Waals surface area (Å²) in [6.45, 7) is 13.5. The Morgan fingerprint density at radius 3 is 2.14 bits per heavy atom. The van der Waals surface area contributed by atoms with Crippen LogP contribution in [0.4, 0.5) is 5.69 Å². The second-order valence-electron chi connectivity index (χ2n) is 6.00. The lowest BCUT2D eigenvalue weighted by Crippen LogP contribution is -2.26. The molecule has 0 heterocycles. The van der Waals surface area contributed by atoms with Crippen LogP contribution in [-0.2, 0) is 0 Å². The topological polar surface area (TPSA) is 46.3 Å². The molecule has 2 N–H and O–H groups in total. The minimum Gasteiger partial charge on any atom is -0.364 e. The molecule has 0 aliphatic rings. The van der Waals surface area contributed by atoms with E-state index in [-0.39, 0.29) is 11.2 Å². The number of nitrogens with zero attached hydrogens (tertiary/aromatic N) is 1. The second kappa shape index (κ2) is 7.79. The summed E-state index contributed by atoms with van der Waals surface area (Å²) < 4.78 is 0. The van der Waals surface area contributed by atoms with Gasteiger partial charge in [0.2, 0.25) is 0 Å². The van der Waals surface area contributed by atoms with Crippen molar-refractivity contribution in [1.82, 2.24) is 0 Å². The van der Waals surface area contributed by atoms with Gasteiger partial charge in [0.1, 0.15) is 0 Å². The molecule has 0 spiro atoms. The first-order valence-corrected chi connectivity index (χ1v) is 7.23. The Hall–Kier alpha value is -1.87. The summed E-state index contributed by atoms with van der Waals surface area (Å²) in [6.07, 6.45) is 4.17. The number of ketones is 1. The van der Waals surface area contributed by atoms with E-state index in [4.69, 9.17) is 5.73 Å². The zero-order chi connectivity index (χ0) is 15.9. The lowest BCUT2D eigenvalue weighted by Gasteiger charge is -2.23. The molecule has 0 saturated carbocycles. The summed E-state index contributed by atoms with van der Waals surface area (Å²) in [5.41, 5.74) is 7.32. The SMILES string of the molecule is C=CCN(CC=C)c1ccc(C(=O)CC(C)(C)CN)cc1. The summed E-state index contributed by atoms with van der Waals surface area (Å²) in [5, 5.41) is 0. The zero-order valence-corrected chi connectivity index (χ0v) is 13.1. The highest BCUT2D eigenvalue weighted by Crippen LogP contribution is 2.22. The van der Waals surface area contributed by atoms with Gasteiger partial charge in [-0.2, -0.15) is 0 Å². The van der Waals surface area contributed by atoms with Crippen LogP contribution in [0.25, 0.3) is 0 Å². The fourth-order valence-corrected chi connectivity index (χ4v) is 2.06. The fraction of sp³-hybridized carbons (Fsp3) is 0.389. The van der Waals surface area contributed by atoms with Gasteiger partial charge in [-0.25, -0.2) is 0 Å². The summed E-state index contributed by atoms with van der Waals surface area (Å²) in [7, 11) is 0. The van der Waals surface area contributed by atoms with Gasteiger partial charge in [0.25, 0.3) is 0 Å². The highest BCUT2D eigenvalue weighted by molar-refractivity contribution is 5.96. The minimum absolute atomic E-state index is 0.135. The Bertz CT molecular complexity index is 478. The molecule has 1 aromatic rings. The Morgan fingerprint density at radius 2 is 1.71 bits per heavy atom. The number of Topliss-reactive ketones (excluding diaryl/α,β-unsaturated/α-hetero) is 1. The van der Waals surface area contributed by atoms with Gasteiger partial charge in [0.05, 0.1) is 0 Å². The van der Waals surface area contributed by atoms with E-state index in [0.717, 1.165) is 24.3 Å².